The monoisotopic (exact) mass is 238 g/mol. The van der Waals surface area contributed by atoms with Crippen molar-refractivity contribution < 1.29 is 18.3 Å². The predicted octanol–water partition coefficient (Wildman–Crippen LogP) is 3.69. The number of aliphatic hydroxyl groups is 1. The fourth-order valence-electron chi connectivity index (χ4n) is 1.35. The van der Waals surface area contributed by atoms with Gasteiger partial charge in [-0.1, -0.05) is 0 Å². The number of halogens is 3. The van der Waals surface area contributed by atoms with Crippen LogP contribution < -0.4 is 0 Å². The van der Waals surface area contributed by atoms with Gasteiger partial charge in [-0.05, 0) is 42.2 Å². The fourth-order valence-corrected chi connectivity index (χ4v) is 2.13. The number of rotatable bonds is 4. The van der Waals surface area contributed by atoms with Gasteiger partial charge in [0.2, 0.25) is 0 Å². The minimum absolute atomic E-state index is 0.0493. The van der Waals surface area contributed by atoms with Crippen LogP contribution in [0.1, 0.15) is 31.7 Å². The van der Waals surface area contributed by atoms with Crippen LogP contribution in [0.15, 0.2) is 16.8 Å². The van der Waals surface area contributed by atoms with E-state index in [0.29, 0.717) is 5.56 Å². The number of hydrogen-bond donors (Lipinski definition) is 1. The van der Waals surface area contributed by atoms with Gasteiger partial charge >= 0.3 is 6.18 Å². The molecule has 0 spiro atoms. The summed E-state index contributed by atoms with van der Waals surface area (Å²) in [5.41, 5.74) is -0.458. The molecule has 86 valence electrons. The van der Waals surface area contributed by atoms with E-state index in [1.54, 1.807) is 23.8 Å². The fraction of sp³-hybridized carbons (Fsp3) is 0.600. The third kappa shape index (κ3) is 4.22. The lowest BCUT2D eigenvalue weighted by Gasteiger charge is -2.22. The van der Waals surface area contributed by atoms with E-state index in [1.165, 1.54) is 11.3 Å². The summed E-state index contributed by atoms with van der Waals surface area (Å²) in [7, 11) is 0. The Hall–Kier alpha value is -0.550. The molecule has 1 aromatic rings. The van der Waals surface area contributed by atoms with Crippen LogP contribution in [0.3, 0.4) is 0 Å². The zero-order valence-corrected chi connectivity index (χ0v) is 9.16. The maximum Gasteiger partial charge on any atom is 0.389 e. The van der Waals surface area contributed by atoms with Crippen LogP contribution in [0.5, 0.6) is 0 Å². The first-order chi connectivity index (χ1) is 6.81. The van der Waals surface area contributed by atoms with Crippen LogP contribution in [0.4, 0.5) is 13.2 Å². The molecule has 1 heterocycles. The van der Waals surface area contributed by atoms with E-state index in [0.717, 1.165) is 0 Å². The first-order valence-corrected chi connectivity index (χ1v) is 5.57. The Balaban J connectivity index is 2.44. The molecule has 1 N–H and O–H groups in total. The maximum atomic E-state index is 11.9. The van der Waals surface area contributed by atoms with Gasteiger partial charge in [-0.25, -0.2) is 0 Å². The van der Waals surface area contributed by atoms with Crippen molar-refractivity contribution >= 4 is 11.3 Å². The summed E-state index contributed by atoms with van der Waals surface area (Å²) in [6, 6.07) is 1.73. The summed E-state index contributed by atoms with van der Waals surface area (Å²) < 4.78 is 35.7. The van der Waals surface area contributed by atoms with Crippen molar-refractivity contribution in [2.45, 2.75) is 38.0 Å². The Labute approximate surface area is 90.6 Å². The summed E-state index contributed by atoms with van der Waals surface area (Å²) in [4.78, 5) is 0. The van der Waals surface area contributed by atoms with Crippen LogP contribution >= 0.6 is 11.3 Å². The SMILES string of the molecule is CC(O)(CCCC(F)(F)F)c1ccsc1. The third-order valence-electron chi connectivity index (χ3n) is 2.27. The van der Waals surface area contributed by atoms with Gasteiger partial charge in [0.25, 0.3) is 0 Å². The quantitative estimate of drug-likeness (QED) is 0.848. The van der Waals surface area contributed by atoms with Crippen LogP contribution in [-0.2, 0) is 5.60 Å². The summed E-state index contributed by atoms with van der Waals surface area (Å²) in [5.74, 6) is 0. The van der Waals surface area contributed by atoms with E-state index in [9.17, 15) is 18.3 Å². The van der Waals surface area contributed by atoms with E-state index in [4.69, 9.17) is 0 Å². The van der Waals surface area contributed by atoms with Gasteiger partial charge in [0, 0.05) is 6.42 Å². The zero-order valence-electron chi connectivity index (χ0n) is 8.34. The first-order valence-electron chi connectivity index (χ1n) is 4.63. The molecule has 1 rings (SSSR count). The van der Waals surface area contributed by atoms with Crippen molar-refractivity contribution in [2.75, 3.05) is 0 Å². The minimum atomic E-state index is -4.13. The standard InChI is InChI=1S/C10H13F3OS/c1-9(14,8-3-6-15-7-8)4-2-5-10(11,12)13/h3,6-7,14H,2,4-5H2,1H3. The highest BCUT2D eigenvalue weighted by atomic mass is 32.1. The molecule has 1 atom stereocenters. The smallest absolute Gasteiger partial charge is 0.385 e. The largest absolute Gasteiger partial charge is 0.389 e. The summed E-state index contributed by atoms with van der Waals surface area (Å²) >= 11 is 1.42. The van der Waals surface area contributed by atoms with Gasteiger partial charge in [-0.3, -0.25) is 0 Å². The zero-order chi connectivity index (χ0) is 11.5. The Morgan fingerprint density at radius 2 is 2.00 bits per heavy atom. The molecule has 0 fully saturated rings. The molecular formula is C10H13F3OS. The lowest BCUT2D eigenvalue weighted by Crippen LogP contribution is -2.21. The van der Waals surface area contributed by atoms with Crippen molar-refractivity contribution in [3.05, 3.63) is 22.4 Å². The second kappa shape index (κ2) is 4.53. The molecule has 0 saturated carbocycles. The maximum absolute atomic E-state index is 11.9. The molecule has 1 nitrogen and oxygen atoms in total. The van der Waals surface area contributed by atoms with Crippen LogP contribution in [-0.4, -0.2) is 11.3 Å². The molecule has 15 heavy (non-hydrogen) atoms. The van der Waals surface area contributed by atoms with Gasteiger partial charge < -0.3 is 5.11 Å². The topological polar surface area (TPSA) is 20.2 Å². The highest BCUT2D eigenvalue weighted by Crippen LogP contribution is 2.31. The molecule has 1 unspecified atom stereocenters. The predicted molar refractivity (Wildman–Crippen MR) is 53.8 cm³/mol. The highest BCUT2D eigenvalue weighted by molar-refractivity contribution is 7.08. The normalized spacial score (nSPS) is 16.3. The van der Waals surface area contributed by atoms with Crippen molar-refractivity contribution in [1.82, 2.24) is 0 Å². The van der Waals surface area contributed by atoms with Gasteiger partial charge in [0.15, 0.2) is 0 Å². The second-order valence-electron chi connectivity index (χ2n) is 3.75. The highest BCUT2D eigenvalue weighted by Gasteiger charge is 2.29. The lowest BCUT2D eigenvalue weighted by atomic mass is 9.93. The molecule has 0 aliphatic rings. The number of hydrogen-bond acceptors (Lipinski definition) is 2. The van der Waals surface area contributed by atoms with E-state index in [1.807, 2.05) is 0 Å². The van der Waals surface area contributed by atoms with E-state index >= 15 is 0 Å². The molecule has 5 heteroatoms. The molecule has 0 aromatic carbocycles. The van der Waals surface area contributed by atoms with Gasteiger partial charge in [-0.15, -0.1) is 0 Å². The molecule has 1 aromatic heterocycles. The van der Waals surface area contributed by atoms with Crippen LogP contribution in [0.2, 0.25) is 0 Å². The summed E-state index contributed by atoms with van der Waals surface area (Å²) in [6.07, 6.45) is -4.90. The minimum Gasteiger partial charge on any atom is -0.385 e. The van der Waals surface area contributed by atoms with Crippen LogP contribution in [0.25, 0.3) is 0 Å². The van der Waals surface area contributed by atoms with Gasteiger partial charge in [0.05, 0.1) is 5.60 Å². The molecular weight excluding hydrogens is 225 g/mol. The van der Waals surface area contributed by atoms with Gasteiger partial charge in [-0.2, -0.15) is 24.5 Å². The number of alkyl halides is 3. The Kier molecular flexibility index (Phi) is 3.78. The van der Waals surface area contributed by atoms with E-state index < -0.39 is 18.2 Å². The molecule has 0 aliphatic carbocycles. The van der Waals surface area contributed by atoms with Crippen molar-refractivity contribution in [3.63, 3.8) is 0 Å². The van der Waals surface area contributed by atoms with Crippen molar-refractivity contribution in [2.24, 2.45) is 0 Å². The third-order valence-corrected chi connectivity index (χ3v) is 2.95. The van der Waals surface area contributed by atoms with Crippen LogP contribution in [0, 0.1) is 0 Å². The average molecular weight is 238 g/mol. The summed E-state index contributed by atoms with van der Waals surface area (Å²) in [6.45, 7) is 1.55. The Morgan fingerprint density at radius 1 is 1.33 bits per heavy atom. The molecule has 0 saturated heterocycles. The Bertz CT molecular complexity index is 290. The molecule has 0 aliphatic heterocycles. The average Bonchev–Trinajstić information content (AvgIpc) is 2.52. The first kappa shape index (κ1) is 12.5. The van der Waals surface area contributed by atoms with E-state index in [2.05, 4.69) is 0 Å². The Morgan fingerprint density at radius 3 is 2.47 bits per heavy atom. The second-order valence-corrected chi connectivity index (χ2v) is 4.53. The van der Waals surface area contributed by atoms with Gasteiger partial charge in [0.1, 0.15) is 0 Å². The van der Waals surface area contributed by atoms with E-state index in [-0.39, 0.29) is 12.8 Å². The number of thiophene rings is 1. The van der Waals surface area contributed by atoms with Crippen molar-refractivity contribution in [1.29, 1.82) is 0 Å². The molecule has 0 radical (unpaired) electrons. The van der Waals surface area contributed by atoms with Crippen molar-refractivity contribution in [3.8, 4) is 0 Å². The molecule has 0 bridgehead atoms. The molecule has 0 amide bonds. The lowest BCUT2D eigenvalue weighted by molar-refractivity contribution is -0.137. The summed E-state index contributed by atoms with van der Waals surface area (Å²) in [5, 5.41) is 13.5.